The predicted molar refractivity (Wildman–Crippen MR) is 134 cm³/mol. The van der Waals surface area contributed by atoms with Gasteiger partial charge in [-0.15, -0.1) is 0 Å². The highest BCUT2D eigenvalue weighted by atomic mass is 32.2. The summed E-state index contributed by atoms with van der Waals surface area (Å²) in [6.07, 6.45) is 16.5. The van der Waals surface area contributed by atoms with E-state index < -0.39 is 0 Å². The van der Waals surface area contributed by atoms with Crippen molar-refractivity contribution >= 4 is 23.8 Å². The molecule has 1 aliphatic heterocycles. The highest BCUT2D eigenvalue weighted by Gasteiger charge is 2.21. The molecule has 0 spiro atoms. The molecule has 3 rings (SSSR count). The third-order valence-corrected chi connectivity index (χ3v) is 7.00. The number of anilines is 1. The van der Waals surface area contributed by atoms with E-state index in [4.69, 9.17) is 0 Å². The van der Waals surface area contributed by atoms with Gasteiger partial charge in [-0.25, -0.2) is 4.41 Å². The van der Waals surface area contributed by atoms with E-state index in [2.05, 4.69) is 78.1 Å². The molecule has 0 fully saturated rings. The molecule has 1 atom stereocenters. The Morgan fingerprint density at radius 2 is 1.23 bits per heavy atom. The van der Waals surface area contributed by atoms with E-state index in [1.165, 1.54) is 93.0 Å². The normalized spacial score (nSPS) is 15.8. The summed E-state index contributed by atoms with van der Waals surface area (Å²) in [7, 11) is 0. The van der Waals surface area contributed by atoms with Crippen molar-refractivity contribution in [1.29, 1.82) is 0 Å². The molecule has 2 aromatic carbocycles. The van der Waals surface area contributed by atoms with E-state index >= 15 is 0 Å². The second-order valence-corrected chi connectivity index (χ2v) is 9.51. The van der Waals surface area contributed by atoms with Crippen molar-refractivity contribution < 1.29 is 0 Å². The van der Waals surface area contributed by atoms with Gasteiger partial charge in [-0.3, -0.25) is 0 Å². The van der Waals surface area contributed by atoms with Gasteiger partial charge in [0.1, 0.15) is 0 Å². The zero-order chi connectivity index (χ0) is 21.0. The van der Waals surface area contributed by atoms with E-state index in [-0.39, 0.29) is 0 Å². The maximum Gasteiger partial charge on any atom is 0.0887 e. The second kappa shape index (κ2) is 12.8. The van der Waals surface area contributed by atoms with E-state index in [9.17, 15) is 0 Å². The molecule has 3 heteroatoms. The van der Waals surface area contributed by atoms with Gasteiger partial charge in [0.05, 0.1) is 10.9 Å². The standard InChI is InChI=1S/C27H38N2S/c1-3-5-7-8-9-11-13-24-16-20-26(21-17-24)29-28-22-27(30-29)25-18-14-23(15-19-25)12-10-6-4-2/h14-22,27H,3-13H2,1-2H3. The van der Waals surface area contributed by atoms with Crippen molar-refractivity contribution in [3.8, 4) is 0 Å². The summed E-state index contributed by atoms with van der Waals surface area (Å²) in [5, 5.41) is 4.95. The molecular weight excluding hydrogens is 384 g/mol. The summed E-state index contributed by atoms with van der Waals surface area (Å²) < 4.78 is 2.06. The number of benzene rings is 2. The predicted octanol–water partition coefficient (Wildman–Crippen LogP) is 8.52. The number of unbranched alkanes of at least 4 members (excludes halogenated alkanes) is 7. The Labute approximate surface area is 188 Å². The fourth-order valence-electron chi connectivity index (χ4n) is 3.91. The zero-order valence-corrected chi connectivity index (χ0v) is 19.7. The van der Waals surface area contributed by atoms with Crippen LogP contribution in [0.3, 0.4) is 0 Å². The van der Waals surface area contributed by atoms with Crippen LogP contribution in [-0.2, 0) is 12.8 Å². The van der Waals surface area contributed by atoms with E-state index in [1.807, 2.05) is 0 Å². The smallest absolute Gasteiger partial charge is 0.0887 e. The highest BCUT2D eigenvalue weighted by Crippen LogP contribution is 2.38. The largest absolute Gasteiger partial charge is 0.206 e. The molecule has 1 heterocycles. The number of aryl methyl sites for hydroxylation is 2. The van der Waals surface area contributed by atoms with Crippen LogP contribution in [0.15, 0.2) is 53.6 Å². The van der Waals surface area contributed by atoms with Crippen LogP contribution in [0.2, 0.25) is 0 Å². The summed E-state index contributed by atoms with van der Waals surface area (Å²) in [6.45, 7) is 4.53. The number of hydrazone groups is 1. The van der Waals surface area contributed by atoms with Crippen LogP contribution in [0.5, 0.6) is 0 Å². The highest BCUT2D eigenvalue weighted by molar-refractivity contribution is 8.01. The first-order chi connectivity index (χ1) is 14.8. The van der Waals surface area contributed by atoms with Crippen LogP contribution >= 0.6 is 11.9 Å². The Hall–Kier alpha value is -1.74. The lowest BCUT2D eigenvalue weighted by Gasteiger charge is -2.15. The zero-order valence-electron chi connectivity index (χ0n) is 18.9. The topological polar surface area (TPSA) is 15.6 Å². The Morgan fingerprint density at radius 3 is 1.90 bits per heavy atom. The number of hydrogen-bond donors (Lipinski definition) is 0. The molecule has 0 aliphatic carbocycles. The number of hydrogen-bond acceptors (Lipinski definition) is 3. The SMILES string of the molecule is CCCCCCCCc1ccc(N2N=CC(c3ccc(CCCCC)cc3)S2)cc1. The average molecular weight is 423 g/mol. The van der Waals surface area contributed by atoms with Crippen LogP contribution in [0.4, 0.5) is 5.69 Å². The summed E-state index contributed by atoms with van der Waals surface area (Å²) in [6, 6.07) is 18.1. The molecule has 162 valence electrons. The van der Waals surface area contributed by atoms with Crippen molar-refractivity contribution in [1.82, 2.24) is 0 Å². The van der Waals surface area contributed by atoms with Crippen LogP contribution in [0.1, 0.15) is 93.6 Å². The van der Waals surface area contributed by atoms with Gasteiger partial charge in [-0.2, -0.15) is 5.10 Å². The molecule has 30 heavy (non-hydrogen) atoms. The second-order valence-electron chi connectivity index (χ2n) is 8.45. The molecule has 2 aromatic rings. The van der Waals surface area contributed by atoms with Gasteiger partial charge >= 0.3 is 0 Å². The summed E-state index contributed by atoms with van der Waals surface area (Å²) in [5.41, 5.74) is 5.40. The molecule has 0 bridgehead atoms. The molecule has 1 aliphatic rings. The van der Waals surface area contributed by atoms with E-state index in [0.717, 1.165) is 0 Å². The molecule has 0 N–H and O–H groups in total. The van der Waals surface area contributed by atoms with Gasteiger partial charge in [0, 0.05) is 6.21 Å². The van der Waals surface area contributed by atoms with Gasteiger partial charge in [0.15, 0.2) is 0 Å². The van der Waals surface area contributed by atoms with Gasteiger partial charge < -0.3 is 0 Å². The molecule has 2 nitrogen and oxygen atoms in total. The quantitative estimate of drug-likeness (QED) is 0.237. The van der Waals surface area contributed by atoms with Crippen LogP contribution in [-0.4, -0.2) is 6.21 Å². The van der Waals surface area contributed by atoms with Crippen LogP contribution in [0, 0.1) is 0 Å². The first kappa shape index (κ1) is 22.9. The van der Waals surface area contributed by atoms with E-state index in [1.54, 1.807) is 11.9 Å². The monoisotopic (exact) mass is 422 g/mol. The lowest BCUT2D eigenvalue weighted by atomic mass is 10.0. The Morgan fingerprint density at radius 1 is 0.700 bits per heavy atom. The van der Waals surface area contributed by atoms with Crippen molar-refractivity contribution in [3.63, 3.8) is 0 Å². The van der Waals surface area contributed by atoms with Crippen LogP contribution in [0.25, 0.3) is 0 Å². The average Bonchev–Trinajstić information content (AvgIpc) is 3.27. The fraction of sp³-hybridized carbons (Fsp3) is 0.519. The van der Waals surface area contributed by atoms with Gasteiger partial charge in [0.25, 0.3) is 0 Å². The molecule has 0 radical (unpaired) electrons. The van der Waals surface area contributed by atoms with Crippen molar-refractivity contribution in [3.05, 3.63) is 65.2 Å². The minimum atomic E-state index is 0.303. The van der Waals surface area contributed by atoms with Crippen molar-refractivity contribution in [2.24, 2.45) is 5.10 Å². The first-order valence-corrected chi connectivity index (χ1v) is 12.8. The first-order valence-electron chi connectivity index (χ1n) is 12.0. The number of nitrogens with zero attached hydrogens (tertiary/aromatic N) is 2. The molecule has 1 unspecified atom stereocenters. The van der Waals surface area contributed by atoms with Crippen LogP contribution < -0.4 is 4.41 Å². The summed E-state index contributed by atoms with van der Waals surface area (Å²) in [4.78, 5) is 0. The third-order valence-electron chi connectivity index (χ3n) is 5.87. The molecule has 0 aromatic heterocycles. The molecule has 0 amide bonds. The Bertz CT molecular complexity index is 751. The Balaban J connectivity index is 1.44. The molecule has 0 saturated heterocycles. The molecular formula is C27H38N2S. The number of rotatable bonds is 13. The maximum absolute atomic E-state index is 4.65. The van der Waals surface area contributed by atoms with Gasteiger partial charge in [0.2, 0.25) is 0 Å². The molecule has 0 saturated carbocycles. The fourth-order valence-corrected chi connectivity index (χ4v) is 4.87. The van der Waals surface area contributed by atoms with Crippen molar-refractivity contribution in [2.45, 2.75) is 89.7 Å². The lowest BCUT2D eigenvalue weighted by molar-refractivity contribution is 0.607. The van der Waals surface area contributed by atoms with Crippen molar-refractivity contribution in [2.75, 3.05) is 4.41 Å². The summed E-state index contributed by atoms with van der Waals surface area (Å²) >= 11 is 1.79. The van der Waals surface area contributed by atoms with Gasteiger partial charge in [-0.05, 0) is 66.5 Å². The Kier molecular flexibility index (Phi) is 9.82. The van der Waals surface area contributed by atoms with Gasteiger partial charge in [-0.1, -0.05) is 95.2 Å². The summed E-state index contributed by atoms with van der Waals surface area (Å²) in [5.74, 6) is 0. The lowest BCUT2D eigenvalue weighted by Crippen LogP contribution is -2.02. The van der Waals surface area contributed by atoms with E-state index in [0.29, 0.717) is 5.25 Å². The third kappa shape index (κ3) is 7.19. The minimum Gasteiger partial charge on any atom is -0.206 e. The minimum absolute atomic E-state index is 0.303. The maximum atomic E-state index is 4.65.